The first kappa shape index (κ1) is 20.0. The first-order chi connectivity index (χ1) is 13.8. The molecule has 1 saturated heterocycles. The largest absolute Gasteiger partial charge is 0.339 e. The Hall–Kier alpha value is -2.29. The van der Waals surface area contributed by atoms with Crippen molar-refractivity contribution in [3.05, 3.63) is 64.8 Å². The number of hydrogen-bond donors (Lipinski definition) is 0. The van der Waals surface area contributed by atoms with Crippen LogP contribution in [0.3, 0.4) is 0 Å². The number of benzene rings is 2. The topological polar surface area (TPSA) is 76.3 Å². The molecule has 0 unspecified atom stereocenters. The number of sulfonamides is 1. The van der Waals surface area contributed by atoms with Crippen LogP contribution in [0.2, 0.25) is 5.02 Å². The second-order valence-corrected chi connectivity index (χ2v) is 9.42. The van der Waals surface area contributed by atoms with Crippen molar-refractivity contribution in [1.29, 1.82) is 0 Å². The molecule has 6 nitrogen and oxygen atoms in total. The summed E-state index contributed by atoms with van der Waals surface area (Å²) >= 11 is 6.02. The van der Waals surface area contributed by atoms with Gasteiger partial charge in [-0.15, -0.1) is 0 Å². The van der Waals surface area contributed by atoms with Crippen molar-refractivity contribution in [2.24, 2.45) is 0 Å². The molecule has 0 aliphatic carbocycles. The van der Waals surface area contributed by atoms with Crippen molar-refractivity contribution in [2.45, 2.75) is 30.6 Å². The maximum absolute atomic E-state index is 13.2. The molecule has 0 amide bonds. The summed E-state index contributed by atoms with van der Waals surface area (Å²) < 4.78 is 46.3. The molecule has 2 aromatic carbocycles. The lowest BCUT2D eigenvalue weighted by Gasteiger charge is -2.30. The predicted molar refractivity (Wildman–Crippen MR) is 107 cm³/mol. The van der Waals surface area contributed by atoms with Crippen molar-refractivity contribution < 1.29 is 17.3 Å². The zero-order valence-electron chi connectivity index (χ0n) is 15.7. The molecule has 1 atom stereocenters. The Bertz CT molecular complexity index is 1130. The highest BCUT2D eigenvalue weighted by Gasteiger charge is 2.34. The van der Waals surface area contributed by atoms with Gasteiger partial charge in [-0.25, -0.2) is 12.8 Å². The number of hydrogen-bond acceptors (Lipinski definition) is 5. The van der Waals surface area contributed by atoms with Crippen LogP contribution in [0.4, 0.5) is 4.39 Å². The highest BCUT2D eigenvalue weighted by molar-refractivity contribution is 7.89. The lowest BCUT2D eigenvalue weighted by Crippen LogP contribution is -2.39. The van der Waals surface area contributed by atoms with Crippen LogP contribution < -0.4 is 0 Å². The van der Waals surface area contributed by atoms with Crippen LogP contribution in [0.15, 0.2) is 51.9 Å². The summed E-state index contributed by atoms with van der Waals surface area (Å²) in [5.74, 6) is 0.180. The van der Waals surface area contributed by atoms with E-state index < -0.39 is 10.0 Å². The molecule has 1 fully saturated rings. The van der Waals surface area contributed by atoms with Gasteiger partial charge in [0.25, 0.3) is 0 Å². The molecule has 2 heterocycles. The third-order valence-electron chi connectivity index (χ3n) is 5.05. The molecule has 0 saturated carbocycles. The standard InChI is InChI=1S/C20H19ClFN3O3S/c1-13-4-7-16(21)11-18(13)29(26,27)25-10-2-3-15(12-25)20-23-19(24-28-20)14-5-8-17(22)9-6-14/h4-9,11,15H,2-3,10,12H2,1H3/t15-/m1/s1. The highest BCUT2D eigenvalue weighted by Crippen LogP contribution is 2.32. The first-order valence-electron chi connectivity index (χ1n) is 9.20. The molecule has 9 heteroatoms. The zero-order valence-corrected chi connectivity index (χ0v) is 17.3. The molecule has 1 aliphatic heterocycles. The number of aryl methyl sites for hydroxylation is 1. The molecule has 29 heavy (non-hydrogen) atoms. The van der Waals surface area contributed by atoms with Crippen LogP contribution in [0.1, 0.15) is 30.2 Å². The van der Waals surface area contributed by atoms with Gasteiger partial charge in [0.15, 0.2) is 0 Å². The van der Waals surface area contributed by atoms with Gasteiger partial charge in [0.1, 0.15) is 5.82 Å². The summed E-state index contributed by atoms with van der Waals surface area (Å²) in [5.41, 5.74) is 1.28. The third kappa shape index (κ3) is 4.05. The fraction of sp³-hybridized carbons (Fsp3) is 0.300. The van der Waals surface area contributed by atoms with Gasteiger partial charge in [-0.3, -0.25) is 0 Å². The number of piperidine rings is 1. The fourth-order valence-corrected chi connectivity index (χ4v) is 5.48. The number of rotatable bonds is 4. The normalized spacial score (nSPS) is 18.1. The average molecular weight is 436 g/mol. The van der Waals surface area contributed by atoms with Crippen molar-refractivity contribution >= 4 is 21.6 Å². The minimum atomic E-state index is -3.69. The van der Waals surface area contributed by atoms with E-state index in [0.717, 1.165) is 6.42 Å². The molecule has 1 aromatic heterocycles. The maximum Gasteiger partial charge on any atom is 0.243 e. The van der Waals surface area contributed by atoms with Crippen molar-refractivity contribution in [3.8, 4) is 11.4 Å². The van der Waals surface area contributed by atoms with Crippen molar-refractivity contribution in [3.63, 3.8) is 0 Å². The van der Waals surface area contributed by atoms with E-state index in [2.05, 4.69) is 10.1 Å². The number of halogens is 2. The summed E-state index contributed by atoms with van der Waals surface area (Å²) in [5, 5.41) is 4.35. The molecule has 0 radical (unpaired) electrons. The van der Waals surface area contributed by atoms with E-state index in [1.54, 1.807) is 31.2 Å². The van der Waals surface area contributed by atoms with Crippen LogP contribution >= 0.6 is 11.6 Å². The molecule has 152 valence electrons. The van der Waals surface area contributed by atoms with E-state index in [9.17, 15) is 12.8 Å². The zero-order chi connectivity index (χ0) is 20.6. The third-order valence-corrected chi connectivity index (χ3v) is 7.29. The van der Waals surface area contributed by atoms with E-state index in [1.165, 1.54) is 22.5 Å². The molecule has 1 aliphatic rings. The monoisotopic (exact) mass is 435 g/mol. The number of aromatic nitrogens is 2. The Morgan fingerprint density at radius 1 is 1.21 bits per heavy atom. The van der Waals surface area contributed by atoms with Crippen LogP contribution in [-0.4, -0.2) is 36.0 Å². The van der Waals surface area contributed by atoms with Crippen LogP contribution in [0.25, 0.3) is 11.4 Å². The highest BCUT2D eigenvalue weighted by atomic mass is 35.5. The molecule has 0 spiro atoms. The molecule has 0 bridgehead atoms. The Morgan fingerprint density at radius 3 is 2.72 bits per heavy atom. The van der Waals surface area contributed by atoms with Crippen LogP contribution in [0, 0.1) is 12.7 Å². The molecule has 4 rings (SSSR count). The second kappa shape index (κ2) is 7.85. The van der Waals surface area contributed by atoms with E-state index in [-0.39, 0.29) is 23.2 Å². The second-order valence-electron chi connectivity index (χ2n) is 7.08. The van der Waals surface area contributed by atoms with Gasteiger partial charge in [0.2, 0.25) is 21.7 Å². The van der Waals surface area contributed by atoms with Gasteiger partial charge in [-0.2, -0.15) is 9.29 Å². The summed E-state index contributed by atoms with van der Waals surface area (Å²) in [4.78, 5) is 4.62. The van der Waals surface area contributed by atoms with E-state index in [4.69, 9.17) is 16.1 Å². The molecule has 0 N–H and O–H groups in total. The maximum atomic E-state index is 13.2. The van der Waals surface area contributed by atoms with Gasteiger partial charge in [0, 0.05) is 23.7 Å². The lowest BCUT2D eigenvalue weighted by molar-refractivity contribution is 0.265. The SMILES string of the molecule is Cc1ccc(Cl)cc1S(=O)(=O)N1CCC[C@@H](c2nc(-c3ccc(F)cc3)no2)C1. The minimum absolute atomic E-state index is 0.209. The van der Waals surface area contributed by atoms with E-state index in [0.29, 0.717) is 40.8 Å². The van der Waals surface area contributed by atoms with Gasteiger partial charge in [-0.05, 0) is 61.7 Å². The summed E-state index contributed by atoms with van der Waals surface area (Å²) in [6.07, 6.45) is 1.42. The summed E-state index contributed by atoms with van der Waals surface area (Å²) in [7, 11) is -3.69. The van der Waals surface area contributed by atoms with Gasteiger partial charge < -0.3 is 4.52 Å². The van der Waals surface area contributed by atoms with Gasteiger partial charge in [-0.1, -0.05) is 22.8 Å². The smallest absolute Gasteiger partial charge is 0.243 e. The fourth-order valence-electron chi connectivity index (χ4n) is 3.47. The first-order valence-corrected chi connectivity index (χ1v) is 11.0. The van der Waals surface area contributed by atoms with Gasteiger partial charge >= 0.3 is 0 Å². The number of nitrogens with zero attached hydrogens (tertiary/aromatic N) is 3. The summed E-state index contributed by atoms with van der Waals surface area (Å²) in [6.45, 7) is 2.42. The lowest BCUT2D eigenvalue weighted by atomic mass is 10.00. The quantitative estimate of drug-likeness (QED) is 0.606. The Morgan fingerprint density at radius 2 is 1.97 bits per heavy atom. The molecular weight excluding hydrogens is 417 g/mol. The molecule has 3 aromatic rings. The minimum Gasteiger partial charge on any atom is -0.339 e. The Kier molecular flexibility index (Phi) is 5.42. The average Bonchev–Trinajstić information content (AvgIpc) is 3.20. The van der Waals surface area contributed by atoms with Crippen LogP contribution in [0.5, 0.6) is 0 Å². The Labute approximate surface area is 173 Å². The summed E-state index contributed by atoms with van der Waals surface area (Å²) in [6, 6.07) is 10.7. The van der Waals surface area contributed by atoms with Crippen molar-refractivity contribution in [2.75, 3.05) is 13.1 Å². The van der Waals surface area contributed by atoms with E-state index in [1.807, 2.05) is 0 Å². The van der Waals surface area contributed by atoms with E-state index >= 15 is 0 Å². The predicted octanol–water partition coefficient (Wildman–Crippen LogP) is 4.41. The molecular formula is C20H19ClFN3O3S. The van der Waals surface area contributed by atoms with Crippen molar-refractivity contribution in [1.82, 2.24) is 14.4 Å². The van der Waals surface area contributed by atoms with Crippen LogP contribution in [-0.2, 0) is 10.0 Å². The van der Waals surface area contributed by atoms with Gasteiger partial charge in [0.05, 0.1) is 10.8 Å². The Balaban J connectivity index is 1.57.